The van der Waals surface area contributed by atoms with E-state index in [1.165, 1.54) is 4.88 Å². The van der Waals surface area contributed by atoms with Crippen LogP contribution in [0.15, 0.2) is 12.5 Å². The molecule has 19 heavy (non-hydrogen) atoms. The lowest BCUT2D eigenvalue weighted by Crippen LogP contribution is -2.08. The molecule has 102 valence electrons. The van der Waals surface area contributed by atoms with Gasteiger partial charge in [0.05, 0.1) is 11.6 Å². The Hall–Kier alpha value is -1.69. The summed E-state index contributed by atoms with van der Waals surface area (Å²) in [5, 5.41) is 7.73. The van der Waals surface area contributed by atoms with E-state index in [9.17, 15) is 0 Å². The first-order valence-corrected chi connectivity index (χ1v) is 7.23. The van der Waals surface area contributed by atoms with Crippen LogP contribution < -0.4 is 10.6 Å². The molecule has 0 radical (unpaired) electrons. The Morgan fingerprint density at radius 1 is 1.11 bits per heavy atom. The fourth-order valence-corrected chi connectivity index (χ4v) is 2.44. The summed E-state index contributed by atoms with van der Waals surface area (Å²) in [5.74, 6) is 1.78. The van der Waals surface area contributed by atoms with Crippen LogP contribution in [0.2, 0.25) is 0 Å². The molecule has 6 heteroatoms. The van der Waals surface area contributed by atoms with Crippen LogP contribution in [0.4, 0.5) is 11.6 Å². The number of rotatable bonds is 6. The van der Waals surface area contributed by atoms with E-state index < -0.39 is 0 Å². The Morgan fingerprint density at radius 2 is 1.84 bits per heavy atom. The van der Waals surface area contributed by atoms with Crippen LogP contribution in [0.3, 0.4) is 0 Å². The molecule has 5 nitrogen and oxygen atoms in total. The summed E-state index contributed by atoms with van der Waals surface area (Å²) in [4.78, 5) is 14.0. The van der Waals surface area contributed by atoms with E-state index in [2.05, 4.69) is 32.5 Å². The number of thiazole rings is 1. The van der Waals surface area contributed by atoms with Crippen molar-refractivity contribution in [2.45, 2.75) is 33.7 Å². The number of aryl methyl sites for hydroxylation is 1. The molecule has 2 aromatic rings. The highest BCUT2D eigenvalue weighted by molar-refractivity contribution is 7.11. The lowest BCUT2D eigenvalue weighted by Gasteiger charge is -2.11. The third-order valence-corrected chi connectivity index (χ3v) is 3.64. The maximum atomic E-state index is 4.29. The van der Waals surface area contributed by atoms with Crippen molar-refractivity contribution in [3.63, 3.8) is 0 Å². The number of aromatic nitrogens is 3. The van der Waals surface area contributed by atoms with Gasteiger partial charge in [0.1, 0.15) is 18.0 Å². The fourth-order valence-electron chi connectivity index (χ4n) is 1.71. The quantitative estimate of drug-likeness (QED) is 0.850. The minimum atomic E-state index is 0.747. The van der Waals surface area contributed by atoms with Crippen molar-refractivity contribution in [1.29, 1.82) is 0 Å². The normalized spacial score (nSPS) is 10.5. The topological polar surface area (TPSA) is 62.7 Å². The maximum Gasteiger partial charge on any atom is 0.134 e. The third-order valence-electron chi connectivity index (χ3n) is 2.73. The number of anilines is 2. The maximum absolute atomic E-state index is 4.29. The van der Waals surface area contributed by atoms with E-state index >= 15 is 0 Å². The van der Waals surface area contributed by atoms with E-state index in [1.807, 2.05) is 20.0 Å². The van der Waals surface area contributed by atoms with Gasteiger partial charge in [-0.1, -0.05) is 6.92 Å². The molecule has 2 N–H and O–H groups in total. The largest absolute Gasteiger partial charge is 0.370 e. The molecule has 0 aromatic carbocycles. The van der Waals surface area contributed by atoms with Crippen molar-refractivity contribution in [3.05, 3.63) is 28.0 Å². The SMILES string of the molecule is CCCNc1ncnc(NCc2cnc(C)s2)c1C. The van der Waals surface area contributed by atoms with Crippen LogP contribution in [0.5, 0.6) is 0 Å². The molecule has 0 aliphatic rings. The third kappa shape index (κ3) is 3.64. The molecule has 0 aliphatic carbocycles. The van der Waals surface area contributed by atoms with Crippen LogP contribution in [-0.4, -0.2) is 21.5 Å². The molecule has 0 aliphatic heterocycles. The predicted octanol–water partition coefficient (Wildman–Crippen LogP) is 2.98. The highest BCUT2D eigenvalue weighted by Crippen LogP contribution is 2.20. The summed E-state index contributed by atoms with van der Waals surface area (Å²) in [7, 11) is 0. The number of hydrogen-bond acceptors (Lipinski definition) is 6. The van der Waals surface area contributed by atoms with Crippen LogP contribution in [-0.2, 0) is 6.54 Å². The summed E-state index contributed by atoms with van der Waals surface area (Å²) >= 11 is 1.70. The molecule has 0 spiro atoms. The van der Waals surface area contributed by atoms with Gasteiger partial charge in [-0.3, -0.25) is 0 Å². The highest BCUT2D eigenvalue weighted by Gasteiger charge is 2.06. The molecule has 2 heterocycles. The van der Waals surface area contributed by atoms with Gasteiger partial charge >= 0.3 is 0 Å². The highest BCUT2D eigenvalue weighted by atomic mass is 32.1. The average molecular weight is 277 g/mol. The second-order valence-corrected chi connectivity index (χ2v) is 5.64. The van der Waals surface area contributed by atoms with Gasteiger partial charge in [-0.15, -0.1) is 11.3 Å². The second-order valence-electron chi connectivity index (χ2n) is 4.32. The average Bonchev–Trinajstić information content (AvgIpc) is 2.82. The van der Waals surface area contributed by atoms with Crippen molar-refractivity contribution in [1.82, 2.24) is 15.0 Å². The molecule has 0 amide bonds. The van der Waals surface area contributed by atoms with Gasteiger partial charge in [0.15, 0.2) is 0 Å². The smallest absolute Gasteiger partial charge is 0.134 e. The van der Waals surface area contributed by atoms with Crippen LogP contribution in [0.25, 0.3) is 0 Å². The molecule has 0 saturated heterocycles. The standard InChI is InChI=1S/C13H19N5S/c1-4-5-14-12-9(2)13(18-8-17-12)16-7-11-6-15-10(3)19-11/h6,8H,4-5,7H2,1-3H3,(H2,14,16,17,18). The fraction of sp³-hybridized carbons (Fsp3) is 0.462. The molecule has 2 aromatic heterocycles. The number of hydrogen-bond donors (Lipinski definition) is 2. The molecular weight excluding hydrogens is 258 g/mol. The molecule has 0 bridgehead atoms. The van der Waals surface area contributed by atoms with Gasteiger partial charge in [0, 0.05) is 23.2 Å². The molecule has 0 saturated carbocycles. The monoisotopic (exact) mass is 277 g/mol. The minimum absolute atomic E-state index is 0.747. The number of nitrogens with one attached hydrogen (secondary N) is 2. The zero-order chi connectivity index (χ0) is 13.7. The van der Waals surface area contributed by atoms with Crippen molar-refractivity contribution in [2.75, 3.05) is 17.2 Å². The Labute approximate surface area is 117 Å². The van der Waals surface area contributed by atoms with E-state index in [0.717, 1.165) is 41.7 Å². The summed E-state index contributed by atoms with van der Waals surface area (Å²) in [5.41, 5.74) is 1.05. The second kappa shape index (κ2) is 6.47. The van der Waals surface area contributed by atoms with E-state index in [4.69, 9.17) is 0 Å². The Balaban J connectivity index is 2.03. The Morgan fingerprint density at radius 3 is 2.47 bits per heavy atom. The zero-order valence-corrected chi connectivity index (χ0v) is 12.3. The molecule has 2 rings (SSSR count). The predicted molar refractivity (Wildman–Crippen MR) is 79.7 cm³/mol. The van der Waals surface area contributed by atoms with Gasteiger partial charge in [0.25, 0.3) is 0 Å². The lowest BCUT2D eigenvalue weighted by molar-refractivity contribution is 0.957. The van der Waals surface area contributed by atoms with Crippen LogP contribution >= 0.6 is 11.3 Å². The Bertz CT molecular complexity index is 538. The van der Waals surface area contributed by atoms with Gasteiger partial charge in [-0.05, 0) is 20.3 Å². The van der Waals surface area contributed by atoms with Crippen molar-refractivity contribution >= 4 is 23.0 Å². The number of nitrogens with zero attached hydrogens (tertiary/aromatic N) is 3. The van der Waals surface area contributed by atoms with Crippen molar-refractivity contribution < 1.29 is 0 Å². The Kier molecular flexibility index (Phi) is 4.68. The molecule has 0 atom stereocenters. The molecular formula is C13H19N5S. The lowest BCUT2D eigenvalue weighted by atomic mass is 10.3. The van der Waals surface area contributed by atoms with Crippen molar-refractivity contribution in [2.24, 2.45) is 0 Å². The first-order valence-electron chi connectivity index (χ1n) is 6.41. The first kappa shape index (κ1) is 13.7. The molecule has 0 fully saturated rings. The summed E-state index contributed by atoms with van der Waals surface area (Å²) in [6.45, 7) is 7.84. The molecule has 0 unspecified atom stereocenters. The van der Waals surface area contributed by atoms with Crippen LogP contribution in [0, 0.1) is 13.8 Å². The van der Waals surface area contributed by atoms with E-state index in [1.54, 1.807) is 17.7 Å². The van der Waals surface area contributed by atoms with E-state index in [-0.39, 0.29) is 0 Å². The van der Waals surface area contributed by atoms with Gasteiger partial charge < -0.3 is 10.6 Å². The summed E-state index contributed by atoms with van der Waals surface area (Å²) < 4.78 is 0. The van der Waals surface area contributed by atoms with Crippen molar-refractivity contribution in [3.8, 4) is 0 Å². The zero-order valence-electron chi connectivity index (χ0n) is 11.5. The first-order chi connectivity index (χ1) is 9.20. The summed E-state index contributed by atoms with van der Waals surface area (Å²) in [6.07, 6.45) is 4.57. The van der Waals surface area contributed by atoms with Crippen LogP contribution in [0.1, 0.15) is 28.8 Å². The van der Waals surface area contributed by atoms with Gasteiger partial charge in [-0.2, -0.15) is 0 Å². The minimum Gasteiger partial charge on any atom is -0.370 e. The summed E-state index contributed by atoms with van der Waals surface area (Å²) in [6, 6.07) is 0. The van der Waals surface area contributed by atoms with Gasteiger partial charge in [0.2, 0.25) is 0 Å². The van der Waals surface area contributed by atoms with Gasteiger partial charge in [-0.25, -0.2) is 15.0 Å². The van der Waals surface area contributed by atoms with E-state index in [0.29, 0.717) is 0 Å².